The molecule has 0 aliphatic heterocycles. The molecule has 0 amide bonds. The monoisotopic (exact) mass is 235 g/mol. The van der Waals surface area contributed by atoms with Gasteiger partial charge in [-0.15, -0.1) is 0 Å². The van der Waals surface area contributed by atoms with E-state index < -0.39 is 12.0 Å². The summed E-state index contributed by atoms with van der Waals surface area (Å²) in [6.45, 7) is 1.75. The summed E-state index contributed by atoms with van der Waals surface area (Å²) in [5.41, 5.74) is 13.0. The van der Waals surface area contributed by atoms with Crippen LogP contribution >= 0.6 is 0 Å². The smallest absolute Gasteiger partial charge is 0.320 e. The first-order valence-electron chi connectivity index (χ1n) is 5.33. The van der Waals surface area contributed by atoms with Crippen LogP contribution in [0.2, 0.25) is 0 Å². The van der Waals surface area contributed by atoms with Gasteiger partial charge < -0.3 is 22.0 Å². The molecule has 5 nitrogen and oxygen atoms in total. The first kappa shape index (κ1) is 13.3. The van der Waals surface area contributed by atoms with Crippen molar-refractivity contribution in [1.82, 2.24) is 0 Å². The van der Waals surface area contributed by atoms with Crippen LogP contribution in [0.3, 0.4) is 0 Å². The molecule has 17 heavy (non-hydrogen) atoms. The number of aliphatic carboxylic acids is 1. The van der Waals surface area contributed by atoms with Crippen LogP contribution in [-0.2, 0) is 11.2 Å². The van der Waals surface area contributed by atoms with E-state index in [9.17, 15) is 4.79 Å². The van der Waals surface area contributed by atoms with Crippen LogP contribution in [0.15, 0.2) is 24.3 Å². The number of rotatable bonds is 5. The number of carboxylic acid groups (broad SMARTS) is 1. The van der Waals surface area contributed by atoms with Crippen LogP contribution in [-0.4, -0.2) is 28.9 Å². The number of hydrogen-bond donors (Lipinski definition) is 4. The Hall–Kier alpha value is -1.72. The second kappa shape index (κ2) is 5.56. The Morgan fingerprint density at radius 1 is 1.35 bits per heavy atom. The minimum Gasteiger partial charge on any atom is -0.480 e. The predicted octanol–water partition coefficient (Wildman–Crippen LogP) is 0.356. The van der Waals surface area contributed by atoms with Crippen LogP contribution in [0, 0.1) is 5.41 Å². The van der Waals surface area contributed by atoms with E-state index in [0.29, 0.717) is 5.71 Å². The highest BCUT2D eigenvalue weighted by molar-refractivity contribution is 6.01. The third-order valence-electron chi connectivity index (χ3n) is 2.49. The molecule has 0 saturated carbocycles. The van der Waals surface area contributed by atoms with E-state index in [1.54, 1.807) is 31.2 Å². The second-order valence-electron chi connectivity index (χ2n) is 4.05. The standard InChI is InChI=1S/C12H17N3O2/c1-7(13)11(15)9-4-2-8(3-5-9)6-10(14)12(16)17/h2-5,7,10,15H,6,13-14H2,1H3,(H,16,17). The van der Waals surface area contributed by atoms with E-state index in [0.717, 1.165) is 11.1 Å². The number of nitrogens with two attached hydrogens (primary N) is 2. The molecular weight excluding hydrogens is 218 g/mol. The summed E-state index contributed by atoms with van der Waals surface area (Å²) in [7, 11) is 0. The van der Waals surface area contributed by atoms with Crippen molar-refractivity contribution in [2.45, 2.75) is 25.4 Å². The molecular formula is C12H17N3O2. The fourth-order valence-corrected chi connectivity index (χ4v) is 1.42. The van der Waals surface area contributed by atoms with E-state index >= 15 is 0 Å². The Morgan fingerprint density at radius 3 is 2.29 bits per heavy atom. The Kier molecular flexibility index (Phi) is 4.37. The van der Waals surface area contributed by atoms with Crippen molar-refractivity contribution in [3.05, 3.63) is 35.4 Å². The second-order valence-corrected chi connectivity index (χ2v) is 4.05. The van der Waals surface area contributed by atoms with Crippen LogP contribution < -0.4 is 11.5 Å². The van der Waals surface area contributed by atoms with Crippen LogP contribution in [0.25, 0.3) is 0 Å². The van der Waals surface area contributed by atoms with Gasteiger partial charge in [0.05, 0.1) is 5.71 Å². The molecule has 0 aliphatic carbocycles. The number of carbonyl (C=O) groups is 1. The van der Waals surface area contributed by atoms with Crippen molar-refractivity contribution in [3.8, 4) is 0 Å². The number of carboxylic acids is 1. The molecule has 1 rings (SSSR count). The minimum atomic E-state index is -1.02. The normalized spacial score (nSPS) is 14.1. The number of nitrogens with one attached hydrogen (secondary N) is 1. The molecule has 0 bridgehead atoms. The molecule has 0 aliphatic rings. The van der Waals surface area contributed by atoms with E-state index in [2.05, 4.69) is 0 Å². The summed E-state index contributed by atoms with van der Waals surface area (Å²) in [6.07, 6.45) is 0.279. The zero-order valence-electron chi connectivity index (χ0n) is 9.68. The lowest BCUT2D eigenvalue weighted by Crippen LogP contribution is -2.32. The highest BCUT2D eigenvalue weighted by Crippen LogP contribution is 2.08. The van der Waals surface area contributed by atoms with Gasteiger partial charge >= 0.3 is 5.97 Å². The van der Waals surface area contributed by atoms with Gasteiger partial charge in [0.15, 0.2) is 0 Å². The molecule has 1 aromatic carbocycles. The van der Waals surface area contributed by atoms with Crippen molar-refractivity contribution in [2.24, 2.45) is 11.5 Å². The van der Waals surface area contributed by atoms with Crippen molar-refractivity contribution in [3.63, 3.8) is 0 Å². The third kappa shape index (κ3) is 3.65. The van der Waals surface area contributed by atoms with Gasteiger partial charge in [0.25, 0.3) is 0 Å². The maximum absolute atomic E-state index is 10.6. The SMILES string of the molecule is CC(N)C(=N)c1ccc(CC(N)C(=O)O)cc1. The van der Waals surface area contributed by atoms with Gasteiger partial charge in [0.1, 0.15) is 6.04 Å². The Balaban J connectivity index is 2.75. The molecule has 0 fully saturated rings. The summed E-state index contributed by atoms with van der Waals surface area (Å²) < 4.78 is 0. The quantitative estimate of drug-likeness (QED) is 0.551. The fourth-order valence-electron chi connectivity index (χ4n) is 1.42. The zero-order chi connectivity index (χ0) is 13.0. The maximum atomic E-state index is 10.6. The van der Waals surface area contributed by atoms with Crippen molar-refractivity contribution in [1.29, 1.82) is 5.41 Å². The molecule has 2 atom stereocenters. The highest BCUT2D eigenvalue weighted by Gasteiger charge is 2.12. The van der Waals surface area contributed by atoms with Gasteiger partial charge in [-0.25, -0.2) is 0 Å². The van der Waals surface area contributed by atoms with Crippen molar-refractivity contribution in [2.75, 3.05) is 0 Å². The summed E-state index contributed by atoms with van der Waals surface area (Å²) >= 11 is 0. The minimum absolute atomic E-state index is 0.279. The zero-order valence-corrected chi connectivity index (χ0v) is 9.68. The first-order valence-corrected chi connectivity index (χ1v) is 5.33. The molecule has 2 unspecified atom stereocenters. The molecule has 5 heteroatoms. The summed E-state index contributed by atoms with van der Waals surface area (Å²) in [6, 6.07) is 5.85. The van der Waals surface area contributed by atoms with Gasteiger partial charge in [0, 0.05) is 6.04 Å². The van der Waals surface area contributed by atoms with Gasteiger partial charge in [-0.2, -0.15) is 0 Å². The molecule has 6 N–H and O–H groups in total. The highest BCUT2D eigenvalue weighted by atomic mass is 16.4. The first-order chi connectivity index (χ1) is 7.91. The molecule has 0 aromatic heterocycles. The number of benzene rings is 1. The molecule has 1 aromatic rings. The average Bonchev–Trinajstić information content (AvgIpc) is 2.28. The van der Waals surface area contributed by atoms with Crippen LogP contribution in [0.5, 0.6) is 0 Å². The van der Waals surface area contributed by atoms with E-state index in [1.807, 2.05) is 0 Å². The van der Waals surface area contributed by atoms with E-state index in [-0.39, 0.29) is 12.5 Å². The van der Waals surface area contributed by atoms with Crippen molar-refractivity contribution >= 4 is 11.7 Å². The lowest BCUT2D eigenvalue weighted by Gasteiger charge is -2.10. The van der Waals surface area contributed by atoms with E-state index in [1.165, 1.54) is 0 Å². The van der Waals surface area contributed by atoms with Crippen LogP contribution in [0.1, 0.15) is 18.1 Å². The summed E-state index contributed by atoms with van der Waals surface area (Å²) in [5.74, 6) is -1.02. The summed E-state index contributed by atoms with van der Waals surface area (Å²) in [4.78, 5) is 10.6. The Labute approximate surface area is 99.9 Å². The van der Waals surface area contributed by atoms with Gasteiger partial charge in [-0.3, -0.25) is 4.79 Å². The largest absolute Gasteiger partial charge is 0.480 e. The van der Waals surface area contributed by atoms with Crippen LogP contribution in [0.4, 0.5) is 0 Å². The predicted molar refractivity (Wildman–Crippen MR) is 66.2 cm³/mol. The lowest BCUT2D eigenvalue weighted by molar-refractivity contribution is -0.138. The molecule has 0 heterocycles. The van der Waals surface area contributed by atoms with Gasteiger partial charge in [-0.1, -0.05) is 24.3 Å². The molecule has 92 valence electrons. The Morgan fingerprint density at radius 2 is 1.88 bits per heavy atom. The number of hydrogen-bond acceptors (Lipinski definition) is 4. The fraction of sp³-hybridized carbons (Fsp3) is 0.333. The summed E-state index contributed by atoms with van der Waals surface area (Å²) in [5, 5.41) is 16.4. The van der Waals surface area contributed by atoms with Gasteiger partial charge in [0.2, 0.25) is 0 Å². The maximum Gasteiger partial charge on any atom is 0.320 e. The topological polar surface area (TPSA) is 113 Å². The lowest BCUT2D eigenvalue weighted by atomic mass is 10.0. The molecule has 0 radical (unpaired) electrons. The molecule has 0 saturated heterocycles. The molecule has 0 spiro atoms. The third-order valence-corrected chi connectivity index (χ3v) is 2.49. The average molecular weight is 235 g/mol. The van der Waals surface area contributed by atoms with Gasteiger partial charge in [-0.05, 0) is 24.5 Å². The Bertz CT molecular complexity index is 412. The van der Waals surface area contributed by atoms with E-state index in [4.69, 9.17) is 22.0 Å². The van der Waals surface area contributed by atoms with Crippen molar-refractivity contribution < 1.29 is 9.90 Å².